The van der Waals surface area contributed by atoms with Crippen molar-refractivity contribution in [3.8, 4) is 0 Å². The standard InChI is InChI=1S/C8H7N3O5S2/c12-8(13)5-1-7(17-3-5)18(14,15)10-2-6-9-4-16-11-6/h1,3-4,10H,2H2,(H,12,13). The molecular formula is C8H7N3O5S2. The Labute approximate surface area is 105 Å². The number of hydrogen-bond acceptors (Lipinski definition) is 7. The molecule has 2 aromatic heterocycles. The van der Waals surface area contributed by atoms with Gasteiger partial charge < -0.3 is 9.63 Å². The second kappa shape index (κ2) is 4.84. The number of sulfonamides is 1. The Morgan fingerprint density at radius 1 is 1.56 bits per heavy atom. The van der Waals surface area contributed by atoms with Crippen LogP contribution in [0.3, 0.4) is 0 Å². The molecule has 8 nitrogen and oxygen atoms in total. The first kappa shape index (κ1) is 12.7. The van der Waals surface area contributed by atoms with Crippen LogP contribution in [0, 0.1) is 0 Å². The molecule has 0 unspecified atom stereocenters. The maximum atomic E-state index is 11.8. The molecule has 2 N–H and O–H groups in total. The van der Waals surface area contributed by atoms with Crippen molar-refractivity contribution in [2.24, 2.45) is 0 Å². The number of carbonyl (C=O) groups is 1. The highest BCUT2D eigenvalue weighted by atomic mass is 32.2. The lowest BCUT2D eigenvalue weighted by Gasteiger charge is -2.00. The zero-order chi connectivity index (χ0) is 13.2. The van der Waals surface area contributed by atoms with E-state index in [1.807, 2.05) is 0 Å². The van der Waals surface area contributed by atoms with E-state index >= 15 is 0 Å². The number of carboxylic acid groups (broad SMARTS) is 1. The average molecular weight is 289 g/mol. The minimum atomic E-state index is -3.77. The predicted octanol–water partition coefficient (Wildman–Crippen LogP) is 0.308. The summed E-state index contributed by atoms with van der Waals surface area (Å²) in [5.41, 5.74) is -0.0695. The first-order valence-corrected chi connectivity index (χ1v) is 6.92. The highest BCUT2D eigenvalue weighted by molar-refractivity contribution is 7.91. The van der Waals surface area contributed by atoms with Crippen LogP contribution in [0.1, 0.15) is 16.2 Å². The highest BCUT2D eigenvalue weighted by Gasteiger charge is 2.19. The highest BCUT2D eigenvalue weighted by Crippen LogP contribution is 2.20. The fourth-order valence-corrected chi connectivity index (χ4v) is 3.25. The van der Waals surface area contributed by atoms with Gasteiger partial charge in [0, 0.05) is 5.38 Å². The van der Waals surface area contributed by atoms with Gasteiger partial charge in [-0.1, -0.05) is 5.16 Å². The molecule has 0 saturated heterocycles. The minimum absolute atomic E-state index is 0.0695. The molecule has 0 aliphatic rings. The maximum Gasteiger partial charge on any atom is 0.336 e. The lowest BCUT2D eigenvalue weighted by molar-refractivity contribution is 0.0697. The summed E-state index contributed by atoms with van der Waals surface area (Å²) in [7, 11) is -3.77. The van der Waals surface area contributed by atoms with Gasteiger partial charge in [0.05, 0.1) is 12.1 Å². The zero-order valence-corrected chi connectivity index (χ0v) is 10.4. The first-order chi connectivity index (χ1) is 8.49. The molecule has 10 heteroatoms. The Bertz CT molecular complexity index is 646. The van der Waals surface area contributed by atoms with E-state index in [1.54, 1.807) is 0 Å². The lowest BCUT2D eigenvalue weighted by Crippen LogP contribution is -2.23. The number of aromatic carboxylic acids is 1. The van der Waals surface area contributed by atoms with Crippen molar-refractivity contribution >= 4 is 27.3 Å². The van der Waals surface area contributed by atoms with E-state index in [1.165, 1.54) is 5.38 Å². The SMILES string of the molecule is O=C(O)c1csc(S(=O)(=O)NCc2ncon2)c1. The van der Waals surface area contributed by atoms with Crippen molar-refractivity contribution in [1.29, 1.82) is 0 Å². The fourth-order valence-electron chi connectivity index (χ4n) is 1.07. The van der Waals surface area contributed by atoms with Gasteiger partial charge in [0.2, 0.25) is 16.4 Å². The van der Waals surface area contributed by atoms with Crippen molar-refractivity contribution in [3.63, 3.8) is 0 Å². The van der Waals surface area contributed by atoms with Crippen LogP contribution in [-0.2, 0) is 16.6 Å². The van der Waals surface area contributed by atoms with Crippen molar-refractivity contribution in [2.45, 2.75) is 10.8 Å². The van der Waals surface area contributed by atoms with E-state index in [0.717, 1.165) is 23.8 Å². The van der Waals surface area contributed by atoms with Crippen LogP contribution in [0.5, 0.6) is 0 Å². The molecule has 0 fully saturated rings. The Morgan fingerprint density at radius 2 is 2.33 bits per heavy atom. The first-order valence-electron chi connectivity index (χ1n) is 4.56. The average Bonchev–Trinajstić information content (AvgIpc) is 2.98. The van der Waals surface area contributed by atoms with E-state index in [2.05, 4.69) is 19.4 Å². The molecule has 18 heavy (non-hydrogen) atoms. The normalized spacial score (nSPS) is 11.6. The van der Waals surface area contributed by atoms with Crippen LogP contribution in [0.15, 0.2) is 26.6 Å². The van der Waals surface area contributed by atoms with Gasteiger partial charge in [-0.05, 0) is 6.07 Å². The van der Waals surface area contributed by atoms with Gasteiger partial charge in [0.1, 0.15) is 4.21 Å². The summed E-state index contributed by atoms with van der Waals surface area (Å²) < 4.78 is 30.2. The number of rotatable bonds is 5. The number of nitrogens with zero attached hydrogens (tertiary/aromatic N) is 2. The molecule has 0 spiro atoms. The summed E-state index contributed by atoms with van der Waals surface area (Å²) in [6, 6.07) is 1.09. The predicted molar refractivity (Wildman–Crippen MR) is 59.6 cm³/mol. The van der Waals surface area contributed by atoms with Crippen molar-refractivity contribution in [1.82, 2.24) is 14.9 Å². The number of nitrogens with one attached hydrogen (secondary N) is 1. The number of hydrogen-bond donors (Lipinski definition) is 2. The maximum absolute atomic E-state index is 11.8. The molecule has 0 amide bonds. The van der Waals surface area contributed by atoms with Crippen LogP contribution in [-0.4, -0.2) is 29.6 Å². The smallest absolute Gasteiger partial charge is 0.336 e. The van der Waals surface area contributed by atoms with Gasteiger partial charge in [0.25, 0.3) is 0 Å². The van der Waals surface area contributed by atoms with Crippen molar-refractivity contribution < 1.29 is 22.8 Å². The van der Waals surface area contributed by atoms with Crippen LogP contribution >= 0.6 is 11.3 Å². The zero-order valence-electron chi connectivity index (χ0n) is 8.73. The molecule has 0 aromatic carbocycles. The molecule has 2 heterocycles. The van der Waals surface area contributed by atoms with Gasteiger partial charge in [0.15, 0.2) is 5.82 Å². The van der Waals surface area contributed by atoms with Crippen molar-refractivity contribution in [2.75, 3.05) is 0 Å². The Morgan fingerprint density at radius 3 is 2.89 bits per heavy atom. The van der Waals surface area contributed by atoms with Gasteiger partial charge in [-0.2, -0.15) is 4.98 Å². The lowest BCUT2D eigenvalue weighted by atomic mass is 10.4. The fraction of sp³-hybridized carbons (Fsp3) is 0.125. The minimum Gasteiger partial charge on any atom is -0.478 e. The largest absolute Gasteiger partial charge is 0.478 e. The molecule has 0 aliphatic heterocycles. The molecule has 2 rings (SSSR count). The van der Waals surface area contributed by atoms with E-state index in [0.29, 0.717) is 0 Å². The third-order valence-electron chi connectivity index (χ3n) is 1.91. The van der Waals surface area contributed by atoms with Gasteiger partial charge in [-0.15, -0.1) is 11.3 Å². The molecule has 96 valence electrons. The van der Waals surface area contributed by atoms with Crippen LogP contribution in [0.2, 0.25) is 0 Å². The molecular weight excluding hydrogens is 282 g/mol. The Hall–Kier alpha value is -1.78. The number of aromatic nitrogens is 2. The third kappa shape index (κ3) is 2.72. The topological polar surface area (TPSA) is 122 Å². The molecule has 0 atom stereocenters. The molecule has 0 saturated carbocycles. The molecule has 2 aromatic rings. The summed E-state index contributed by atoms with van der Waals surface area (Å²) in [4.78, 5) is 14.3. The Balaban J connectivity index is 2.12. The molecule has 0 bridgehead atoms. The van der Waals surface area contributed by atoms with Gasteiger partial charge in [-0.3, -0.25) is 0 Å². The third-order valence-corrected chi connectivity index (χ3v) is 4.76. The summed E-state index contributed by atoms with van der Waals surface area (Å²) >= 11 is 0.826. The second-order valence-corrected chi connectivity index (χ2v) is 6.04. The second-order valence-electron chi connectivity index (χ2n) is 3.13. The molecule has 0 radical (unpaired) electrons. The molecule has 0 aliphatic carbocycles. The Kier molecular flexibility index (Phi) is 3.41. The number of thiophene rings is 1. The number of carboxylic acids is 1. The van der Waals surface area contributed by atoms with E-state index in [9.17, 15) is 13.2 Å². The summed E-state index contributed by atoms with van der Waals surface area (Å²) in [6.45, 7) is -0.126. The van der Waals surface area contributed by atoms with E-state index < -0.39 is 16.0 Å². The van der Waals surface area contributed by atoms with Crippen molar-refractivity contribution in [3.05, 3.63) is 29.2 Å². The van der Waals surface area contributed by atoms with Crippen LogP contribution in [0.25, 0.3) is 0 Å². The summed E-state index contributed by atoms with van der Waals surface area (Å²) in [6.07, 6.45) is 1.08. The van der Waals surface area contributed by atoms with Gasteiger partial charge >= 0.3 is 5.97 Å². The summed E-state index contributed by atoms with van der Waals surface area (Å²) in [5, 5.41) is 13.4. The van der Waals surface area contributed by atoms with E-state index in [4.69, 9.17) is 5.11 Å². The quantitative estimate of drug-likeness (QED) is 0.811. The monoisotopic (exact) mass is 289 g/mol. The van der Waals surface area contributed by atoms with E-state index in [-0.39, 0.29) is 22.1 Å². The van der Waals surface area contributed by atoms with Crippen LogP contribution in [0.4, 0.5) is 0 Å². The van der Waals surface area contributed by atoms with Gasteiger partial charge in [-0.25, -0.2) is 17.9 Å². The van der Waals surface area contributed by atoms with Crippen LogP contribution < -0.4 is 4.72 Å². The summed E-state index contributed by atoms with van der Waals surface area (Å²) in [5.74, 6) is -0.987.